The van der Waals surface area contributed by atoms with Crippen molar-refractivity contribution in [2.75, 3.05) is 0 Å². The summed E-state index contributed by atoms with van der Waals surface area (Å²) >= 11 is 3.13. The first-order valence-corrected chi connectivity index (χ1v) is 5.19. The zero-order valence-electron chi connectivity index (χ0n) is 8.22. The van der Waals surface area contributed by atoms with Crippen molar-refractivity contribution in [3.63, 3.8) is 0 Å². The van der Waals surface area contributed by atoms with Gasteiger partial charge in [0.05, 0.1) is 11.0 Å². The van der Waals surface area contributed by atoms with E-state index in [1.165, 1.54) is 6.07 Å². The number of carbonyl (C=O) groups is 1. The highest BCUT2D eigenvalue weighted by molar-refractivity contribution is 9.10. The number of primary amides is 1. The fourth-order valence-electron chi connectivity index (χ4n) is 1.22. The maximum absolute atomic E-state index is 10.8. The van der Waals surface area contributed by atoms with Crippen molar-refractivity contribution in [2.24, 2.45) is 11.5 Å². The summed E-state index contributed by atoms with van der Waals surface area (Å²) < 4.78 is 0.593. The Morgan fingerprint density at radius 2 is 2.19 bits per heavy atom. The molecule has 0 spiro atoms. The summed E-state index contributed by atoms with van der Waals surface area (Å²) in [5, 5.41) is 10.8. The van der Waals surface area contributed by atoms with Crippen LogP contribution >= 0.6 is 15.9 Å². The number of hydrogen-bond donors (Lipinski definition) is 2. The molecule has 0 saturated heterocycles. The number of rotatable bonds is 4. The zero-order chi connectivity index (χ0) is 12.3. The van der Waals surface area contributed by atoms with Crippen LogP contribution in [-0.4, -0.2) is 16.9 Å². The molecule has 0 heterocycles. The lowest BCUT2D eigenvalue weighted by atomic mass is 10.0. The van der Waals surface area contributed by atoms with Crippen molar-refractivity contribution in [1.82, 2.24) is 0 Å². The average Bonchev–Trinajstić information content (AvgIpc) is 2.20. The average molecular weight is 288 g/mol. The molecule has 1 rings (SSSR count). The molecule has 86 valence electrons. The van der Waals surface area contributed by atoms with Crippen molar-refractivity contribution >= 4 is 27.5 Å². The Bertz CT molecular complexity index is 436. The van der Waals surface area contributed by atoms with Crippen molar-refractivity contribution < 1.29 is 9.72 Å². The van der Waals surface area contributed by atoms with E-state index in [1.54, 1.807) is 12.1 Å². The van der Waals surface area contributed by atoms with Gasteiger partial charge in [-0.05, 0) is 6.07 Å². The van der Waals surface area contributed by atoms with E-state index in [-0.39, 0.29) is 12.1 Å². The van der Waals surface area contributed by atoms with Crippen molar-refractivity contribution in [2.45, 2.75) is 12.5 Å². The van der Waals surface area contributed by atoms with Gasteiger partial charge in [0.1, 0.15) is 0 Å². The normalized spacial score (nSPS) is 12.1. The lowest BCUT2D eigenvalue weighted by Crippen LogP contribution is -2.38. The van der Waals surface area contributed by atoms with Crippen LogP contribution in [-0.2, 0) is 11.2 Å². The number of nitro benzene ring substituents is 1. The van der Waals surface area contributed by atoms with E-state index in [0.717, 1.165) is 0 Å². The molecule has 1 unspecified atom stereocenters. The number of amides is 1. The van der Waals surface area contributed by atoms with Gasteiger partial charge in [-0.1, -0.05) is 22.0 Å². The predicted octanol–water partition coefficient (Wildman–Crippen LogP) is 0.712. The first kappa shape index (κ1) is 12.6. The lowest BCUT2D eigenvalue weighted by Gasteiger charge is -2.07. The number of halogens is 1. The standard InChI is InChI=1S/C9H10BrN3O3/c10-6-2-1-5(3-7(11)9(12)14)8(4-6)13(15)16/h1-2,4,7H,3,11H2,(H2,12,14). The molecule has 0 radical (unpaired) electrons. The minimum Gasteiger partial charge on any atom is -0.368 e. The molecule has 1 aromatic carbocycles. The molecule has 1 atom stereocenters. The number of nitrogens with two attached hydrogens (primary N) is 2. The quantitative estimate of drug-likeness (QED) is 0.627. The van der Waals surface area contributed by atoms with E-state index in [4.69, 9.17) is 11.5 Å². The molecule has 4 N–H and O–H groups in total. The molecular formula is C9H10BrN3O3. The lowest BCUT2D eigenvalue weighted by molar-refractivity contribution is -0.385. The zero-order valence-corrected chi connectivity index (χ0v) is 9.81. The number of hydrogen-bond acceptors (Lipinski definition) is 4. The minimum atomic E-state index is -0.917. The van der Waals surface area contributed by atoms with Crippen LogP contribution in [0.15, 0.2) is 22.7 Å². The van der Waals surface area contributed by atoms with Crippen LogP contribution in [0.25, 0.3) is 0 Å². The fourth-order valence-corrected chi connectivity index (χ4v) is 1.57. The second kappa shape index (κ2) is 5.04. The summed E-state index contributed by atoms with van der Waals surface area (Å²) in [6.07, 6.45) is 0.0545. The minimum absolute atomic E-state index is 0.0545. The highest BCUT2D eigenvalue weighted by atomic mass is 79.9. The van der Waals surface area contributed by atoms with Crippen molar-refractivity contribution in [1.29, 1.82) is 0 Å². The van der Waals surface area contributed by atoms with Gasteiger partial charge < -0.3 is 11.5 Å². The molecule has 1 amide bonds. The number of nitro groups is 1. The number of benzene rings is 1. The molecule has 0 aliphatic carbocycles. The second-order valence-electron chi connectivity index (χ2n) is 3.24. The largest absolute Gasteiger partial charge is 0.368 e. The Morgan fingerprint density at radius 3 is 2.69 bits per heavy atom. The second-order valence-corrected chi connectivity index (χ2v) is 4.16. The third-order valence-electron chi connectivity index (χ3n) is 2.05. The molecule has 0 aliphatic rings. The Kier molecular flexibility index (Phi) is 3.97. The number of nitrogens with zero attached hydrogens (tertiary/aromatic N) is 1. The first-order valence-electron chi connectivity index (χ1n) is 4.39. The molecular weight excluding hydrogens is 278 g/mol. The highest BCUT2D eigenvalue weighted by Crippen LogP contribution is 2.24. The summed E-state index contributed by atoms with van der Waals surface area (Å²) in [6, 6.07) is 3.64. The van der Waals surface area contributed by atoms with Crippen LogP contribution in [0.4, 0.5) is 5.69 Å². The van der Waals surface area contributed by atoms with Gasteiger partial charge in [0.2, 0.25) is 5.91 Å². The first-order chi connectivity index (χ1) is 7.41. The Balaban J connectivity index is 3.04. The smallest absolute Gasteiger partial charge is 0.273 e. The molecule has 0 saturated carbocycles. The van der Waals surface area contributed by atoms with Gasteiger partial charge in [-0.2, -0.15) is 0 Å². The highest BCUT2D eigenvalue weighted by Gasteiger charge is 2.18. The number of carbonyl (C=O) groups excluding carboxylic acids is 1. The monoisotopic (exact) mass is 287 g/mol. The molecule has 0 fully saturated rings. The Hall–Kier alpha value is -1.47. The van der Waals surface area contributed by atoms with Crippen molar-refractivity contribution in [3.05, 3.63) is 38.3 Å². The Morgan fingerprint density at radius 1 is 1.56 bits per heavy atom. The summed E-state index contributed by atoms with van der Waals surface area (Å²) in [6.45, 7) is 0. The van der Waals surface area contributed by atoms with Crippen LogP contribution in [0.2, 0.25) is 0 Å². The molecule has 0 aromatic heterocycles. The molecule has 16 heavy (non-hydrogen) atoms. The van der Waals surface area contributed by atoms with Crippen LogP contribution in [0, 0.1) is 10.1 Å². The summed E-state index contributed by atoms with van der Waals surface area (Å²) in [5.74, 6) is -0.683. The molecule has 7 heteroatoms. The van der Waals surface area contributed by atoms with E-state index >= 15 is 0 Å². The van der Waals surface area contributed by atoms with Gasteiger partial charge in [0, 0.05) is 22.5 Å². The molecule has 1 aromatic rings. The van der Waals surface area contributed by atoms with Gasteiger partial charge in [-0.15, -0.1) is 0 Å². The van der Waals surface area contributed by atoms with Crippen LogP contribution in [0.5, 0.6) is 0 Å². The van der Waals surface area contributed by atoms with Gasteiger partial charge in [0.15, 0.2) is 0 Å². The predicted molar refractivity (Wildman–Crippen MR) is 61.7 cm³/mol. The summed E-state index contributed by atoms with van der Waals surface area (Å²) in [7, 11) is 0. The van der Waals surface area contributed by atoms with E-state index in [1.807, 2.05) is 0 Å². The van der Waals surface area contributed by atoms with Crippen molar-refractivity contribution in [3.8, 4) is 0 Å². The van der Waals surface area contributed by atoms with Gasteiger partial charge in [-0.25, -0.2) is 0 Å². The van der Waals surface area contributed by atoms with Crippen LogP contribution < -0.4 is 11.5 Å². The third-order valence-corrected chi connectivity index (χ3v) is 2.54. The van der Waals surface area contributed by atoms with Crippen LogP contribution in [0.3, 0.4) is 0 Å². The fraction of sp³-hybridized carbons (Fsp3) is 0.222. The Labute approximate surface area is 99.9 Å². The van der Waals surface area contributed by atoms with Crippen LogP contribution in [0.1, 0.15) is 5.56 Å². The van der Waals surface area contributed by atoms with Gasteiger partial charge in [0.25, 0.3) is 5.69 Å². The van der Waals surface area contributed by atoms with Gasteiger partial charge >= 0.3 is 0 Å². The van der Waals surface area contributed by atoms with E-state index in [9.17, 15) is 14.9 Å². The third kappa shape index (κ3) is 3.01. The maximum Gasteiger partial charge on any atom is 0.273 e. The molecule has 6 nitrogen and oxygen atoms in total. The topological polar surface area (TPSA) is 112 Å². The van der Waals surface area contributed by atoms with E-state index in [0.29, 0.717) is 10.0 Å². The van der Waals surface area contributed by atoms with Gasteiger partial charge in [-0.3, -0.25) is 14.9 Å². The maximum atomic E-state index is 10.8. The SMILES string of the molecule is NC(=O)C(N)Cc1ccc(Br)cc1[N+](=O)[O-]. The van der Waals surface area contributed by atoms with E-state index < -0.39 is 16.9 Å². The summed E-state index contributed by atoms with van der Waals surface area (Å²) in [4.78, 5) is 21.0. The molecule has 0 aliphatic heterocycles. The van der Waals surface area contributed by atoms with E-state index in [2.05, 4.69) is 15.9 Å². The summed E-state index contributed by atoms with van der Waals surface area (Å²) in [5.41, 5.74) is 10.8. The molecule has 0 bridgehead atoms.